The molecule has 1 amide bonds. The molecule has 0 N–H and O–H groups in total. The summed E-state index contributed by atoms with van der Waals surface area (Å²) >= 11 is 6.02. The summed E-state index contributed by atoms with van der Waals surface area (Å²) in [6.45, 7) is 1.71. The van der Waals surface area contributed by atoms with Gasteiger partial charge in [0.05, 0.1) is 5.02 Å². The largest absolute Gasteiger partial charge is 0.479 e. The molecule has 20 heavy (non-hydrogen) atoms. The molecule has 0 aliphatic carbocycles. The fourth-order valence-corrected chi connectivity index (χ4v) is 2.01. The van der Waals surface area contributed by atoms with Crippen LogP contribution in [0.1, 0.15) is 6.92 Å². The van der Waals surface area contributed by atoms with Crippen LogP contribution in [-0.2, 0) is 4.79 Å². The van der Waals surface area contributed by atoms with Crippen molar-refractivity contribution in [3.8, 4) is 5.75 Å². The molecule has 0 aliphatic rings. The van der Waals surface area contributed by atoms with Gasteiger partial charge in [-0.15, -0.1) is 0 Å². The summed E-state index contributed by atoms with van der Waals surface area (Å²) in [5.74, 6) is 0.382. The van der Waals surface area contributed by atoms with Gasteiger partial charge in [-0.1, -0.05) is 41.9 Å². The Balaban J connectivity index is 2.08. The van der Waals surface area contributed by atoms with Crippen LogP contribution in [0, 0.1) is 0 Å². The minimum Gasteiger partial charge on any atom is -0.479 e. The van der Waals surface area contributed by atoms with Gasteiger partial charge in [-0.3, -0.25) is 4.79 Å². The van der Waals surface area contributed by atoms with Crippen molar-refractivity contribution >= 4 is 23.2 Å². The van der Waals surface area contributed by atoms with E-state index in [0.29, 0.717) is 10.8 Å². The van der Waals surface area contributed by atoms with Gasteiger partial charge in [-0.2, -0.15) is 0 Å². The van der Waals surface area contributed by atoms with E-state index in [0.717, 1.165) is 5.69 Å². The first kappa shape index (κ1) is 14.4. The zero-order chi connectivity index (χ0) is 14.5. The Morgan fingerprint density at radius 1 is 1.10 bits per heavy atom. The first-order chi connectivity index (χ1) is 9.59. The fraction of sp³-hybridized carbons (Fsp3) is 0.188. The third-order valence-corrected chi connectivity index (χ3v) is 3.27. The number of carbonyl (C=O) groups excluding carboxylic acids is 1. The number of hydrogen-bond acceptors (Lipinski definition) is 2. The number of para-hydroxylation sites is 2. The summed E-state index contributed by atoms with van der Waals surface area (Å²) in [6.07, 6.45) is -0.611. The number of rotatable bonds is 4. The van der Waals surface area contributed by atoms with E-state index in [1.54, 1.807) is 31.0 Å². The highest BCUT2D eigenvalue weighted by atomic mass is 35.5. The average Bonchev–Trinajstić information content (AvgIpc) is 2.49. The summed E-state index contributed by atoms with van der Waals surface area (Å²) in [6, 6.07) is 16.5. The van der Waals surface area contributed by atoms with E-state index >= 15 is 0 Å². The van der Waals surface area contributed by atoms with Crippen LogP contribution in [0.2, 0.25) is 5.02 Å². The Hall–Kier alpha value is -2.00. The van der Waals surface area contributed by atoms with E-state index in [4.69, 9.17) is 16.3 Å². The van der Waals surface area contributed by atoms with E-state index in [2.05, 4.69) is 0 Å². The van der Waals surface area contributed by atoms with Gasteiger partial charge in [0, 0.05) is 12.7 Å². The van der Waals surface area contributed by atoms with Gasteiger partial charge in [0.15, 0.2) is 6.10 Å². The number of anilines is 1. The zero-order valence-corrected chi connectivity index (χ0v) is 12.2. The number of hydrogen-bond donors (Lipinski definition) is 0. The second-order valence-electron chi connectivity index (χ2n) is 4.42. The predicted octanol–water partition coefficient (Wildman–Crippen LogP) is 3.77. The van der Waals surface area contributed by atoms with E-state index in [-0.39, 0.29) is 5.91 Å². The van der Waals surface area contributed by atoms with E-state index in [1.807, 2.05) is 42.5 Å². The Labute approximate surface area is 123 Å². The summed E-state index contributed by atoms with van der Waals surface area (Å²) in [4.78, 5) is 13.9. The molecule has 104 valence electrons. The first-order valence-electron chi connectivity index (χ1n) is 6.33. The van der Waals surface area contributed by atoms with Crippen LogP contribution in [0.5, 0.6) is 5.75 Å². The van der Waals surface area contributed by atoms with Gasteiger partial charge in [-0.25, -0.2) is 0 Å². The van der Waals surface area contributed by atoms with Crippen molar-refractivity contribution in [2.24, 2.45) is 0 Å². The van der Waals surface area contributed by atoms with Crippen molar-refractivity contribution in [2.45, 2.75) is 13.0 Å². The molecule has 2 aromatic rings. The van der Waals surface area contributed by atoms with Gasteiger partial charge in [0.2, 0.25) is 0 Å². The van der Waals surface area contributed by atoms with E-state index < -0.39 is 6.10 Å². The highest BCUT2D eigenvalue weighted by Gasteiger charge is 2.20. The summed E-state index contributed by atoms with van der Waals surface area (Å²) in [5.41, 5.74) is 0.826. The van der Waals surface area contributed by atoms with Crippen molar-refractivity contribution in [1.82, 2.24) is 0 Å². The van der Waals surface area contributed by atoms with Gasteiger partial charge < -0.3 is 9.64 Å². The van der Waals surface area contributed by atoms with Crippen LogP contribution in [-0.4, -0.2) is 19.1 Å². The monoisotopic (exact) mass is 289 g/mol. The maximum atomic E-state index is 12.3. The molecule has 2 rings (SSSR count). The smallest absolute Gasteiger partial charge is 0.267 e. The topological polar surface area (TPSA) is 29.5 Å². The van der Waals surface area contributed by atoms with Crippen molar-refractivity contribution in [1.29, 1.82) is 0 Å². The molecular formula is C16H16ClNO2. The van der Waals surface area contributed by atoms with E-state index in [1.165, 1.54) is 0 Å². The molecule has 1 unspecified atom stereocenters. The van der Waals surface area contributed by atoms with Gasteiger partial charge in [-0.05, 0) is 31.2 Å². The van der Waals surface area contributed by atoms with Crippen LogP contribution in [0.3, 0.4) is 0 Å². The van der Waals surface area contributed by atoms with Crippen LogP contribution in [0.4, 0.5) is 5.69 Å². The van der Waals surface area contributed by atoms with Crippen molar-refractivity contribution in [3.05, 3.63) is 59.6 Å². The summed E-state index contributed by atoms with van der Waals surface area (Å²) < 4.78 is 5.63. The molecule has 4 heteroatoms. The predicted molar refractivity (Wildman–Crippen MR) is 81.4 cm³/mol. The minimum absolute atomic E-state index is 0.129. The Kier molecular flexibility index (Phi) is 4.64. The van der Waals surface area contributed by atoms with Crippen LogP contribution in [0.25, 0.3) is 0 Å². The molecule has 0 bridgehead atoms. The number of halogens is 1. The molecule has 0 saturated heterocycles. The maximum Gasteiger partial charge on any atom is 0.267 e. The molecule has 2 aromatic carbocycles. The molecule has 0 aromatic heterocycles. The normalized spacial score (nSPS) is 11.8. The van der Waals surface area contributed by atoms with Crippen molar-refractivity contribution in [2.75, 3.05) is 11.9 Å². The highest BCUT2D eigenvalue weighted by Crippen LogP contribution is 2.25. The maximum absolute atomic E-state index is 12.3. The number of likely N-dealkylation sites (N-methyl/N-ethyl adjacent to an activating group) is 1. The van der Waals surface area contributed by atoms with Crippen LogP contribution >= 0.6 is 11.6 Å². The van der Waals surface area contributed by atoms with Crippen LogP contribution in [0.15, 0.2) is 54.6 Å². The van der Waals surface area contributed by atoms with Gasteiger partial charge in [0.25, 0.3) is 5.91 Å². The Morgan fingerprint density at radius 3 is 2.35 bits per heavy atom. The molecule has 0 heterocycles. The number of amides is 1. The lowest BCUT2D eigenvalue weighted by Gasteiger charge is -2.22. The molecule has 3 nitrogen and oxygen atoms in total. The first-order valence-corrected chi connectivity index (χ1v) is 6.71. The quantitative estimate of drug-likeness (QED) is 0.857. The summed E-state index contributed by atoms with van der Waals surface area (Å²) in [5, 5.41) is 0.495. The molecule has 0 aliphatic heterocycles. The van der Waals surface area contributed by atoms with Gasteiger partial charge >= 0.3 is 0 Å². The van der Waals surface area contributed by atoms with Crippen molar-refractivity contribution in [3.63, 3.8) is 0 Å². The molecule has 0 radical (unpaired) electrons. The van der Waals surface area contributed by atoms with Gasteiger partial charge in [0.1, 0.15) is 5.75 Å². The van der Waals surface area contributed by atoms with Crippen molar-refractivity contribution < 1.29 is 9.53 Å². The SMILES string of the molecule is CC(Oc1ccccc1Cl)C(=O)N(C)c1ccccc1. The molecule has 0 spiro atoms. The Morgan fingerprint density at radius 2 is 1.70 bits per heavy atom. The second kappa shape index (κ2) is 6.44. The molecular weight excluding hydrogens is 274 g/mol. The lowest BCUT2D eigenvalue weighted by atomic mass is 10.2. The van der Waals surface area contributed by atoms with E-state index in [9.17, 15) is 4.79 Å². The molecule has 1 atom stereocenters. The lowest BCUT2D eigenvalue weighted by molar-refractivity contribution is -0.124. The second-order valence-corrected chi connectivity index (χ2v) is 4.83. The summed E-state index contributed by atoms with van der Waals surface area (Å²) in [7, 11) is 1.73. The fourth-order valence-electron chi connectivity index (χ4n) is 1.83. The zero-order valence-electron chi connectivity index (χ0n) is 11.4. The lowest BCUT2D eigenvalue weighted by Crippen LogP contribution is -2.38. The average molecular weight is 290 g/mol. The third-order valence-electron chi connectivity index (χ3n) is 2.96. The molecule has 0 saturated carbocycles. The minimum atomic E-state index is -0.611. The Bertz CT molecular complexity index is 586. The van der Waals surface area contributed by atoms with Crippen LogP contribution < -0.4 is 9.64 Å². The number of ether oxygens (including phenoxy) is 1. The number of benzene rings is 2. The number of carbonyl (C=O) groups is 1. The standard InChI is InChI=1S/C16H16ClNO2/c1-12(20-15-11-7-6-10-14(15)17)16(19)18(2)13-8-4-3-5-9-13/h3-12H,1-2H3. The highest BCUT2D eigenvalue weighted by molar-refractivity contribution is 6.32. The molecule has 0 fully saturated rings. The number of nitrogens with zero attached hydrogens (tertiary/aromatic N) is 1. The third kappa shape index (κ3) is 3.31.